The van der Waals surface area contributed by atoms with Crippen LogP contribution in [0.5, 0.6) is 5.75 Å². The van der Waals surface area contributed by atoms with Crippen LogP contribution in [0.4, 0.5) is 8.78 Å². The largest absolute Gasteiger partial charge is 0.490 e. The Bertz CT molecular complexity index is 1110. The highest BCUT2D eigenvalue weighted by Gasteiger charge is 2.14. The summed E-state index contributed by atoms with van der Waals surface area (Å²) in [5.74, 6) is -4.52. The molecule has 2 aromatic rings. The molecule has 0 aromatic heterocycles. The monoisotopic (exact) mass is 526 g/mol. The van der Waals surface area contributed by atoms with E-state index in [9.17, 15) is 18.4 Å². The van der Waals surface area contributed by atoms with Crippen molar-refractivity contribution in [3.8, 4) is 5.75 Å². The summed E-state index contributed by atoms with van der Waals surface area (Å²) in [5.41, 5.74) is 12.0. The SMILES string of the molecule is CCOC(=O)CCCOc1cc(C(N)=NO)cc(F)c1F.NC(=NO)c1cccc(COCC(=O)O)c1. The van der Waals surface area contributed by atoms with Crippen LogP contribution in [0.3, 0.4) is 0 Å². The number of carbonyl (C=O) groups is 2. The molecule has 0 radical (unpaired) electrons. The highest BCUT2D eigenvalue weighted by atomic mass is 19.2. The summed E-state index contributed by atoms with van der Waals surface area (Å²) in [4.78, 5) is 21.3. The second-order valence-electron chi connectivity index (χ2n) is 7.08. The fourth-order valence-corrected chi connectivity index (χ4v) is 2.64. The molecule has 2 rings (SSSR count). The lowest BCUT2D eigenvalue weighted by Gasteiger charge is -2.09. The van der Waals surface area contributed by atoms with Crippen LogP contribution in [0.25, 0.3) is 0 Å². The smallest absolute Gasteiger partial charge is 0.329 e. The molecule has 2 aromatic carbocycles. The Morgan fingerprint density at radius 1 is 1.03 bits per heavy atom. The molecule has 14 heteroatoms. The summed E-state index contributed by atoms with van der Waals surface area (Å²) in [6.45, 7) is 1.77. The minimum atomic E-state index is -1.18. The first-order valence-corrected chi connectivity index (χ1v) is 10.7. The van der Waals surface area contributed by atoms with E-state index in [0.717, 1.165) is 17.7 Å². The highest BCUT2D eigenvalue weighted by molar-refractivity contribution is 5.97. The number of carboxylic acids is 1. The van der Waals surface area contributed by atoms with Crippen molar-refractivity contribution in [2.75, 3.05) is 19.8 Å². The van der Waals surface area contributed by atoms with Gasteiger partial charge in [-0.3, -0.25) is 4.79 Å². The topological polar surface area (TPSA) is 199 Å². The number of hydrogen-bond donors (Lipinski definition) is 5. The van der Waals surface area contributed by atoms with Gasteiger partial charge < -0.3 is 41.2 Å². The molecule has 0 heterocycles. The van der Waals surface area contributed by atoms with Crippen LogP contribution >= 0.6 is 0 Å². The van der Waals surface area contributed by atoms with Crippen LogP contribution in [-0.2, 0) is 25.7 Å². The van der Waals surface area contributed by atoms with Crippen LogP contribution in [0.2, 0.25) is 0 Å². The third-order valence-corrected chi connectivity index (χ3v) is 4.31. The number of halogens is 2. The average Bonchev–Trinajstić information content (AvgIpc) is 2.88. The molecule has 0 fully saturated rings. The van der Waals surface area contributed by atoms with Gasteiger partial charge in [-0.1, -0.05) is 28.5 Å². The number of oxime groups is 2. The number of rotatable bonds is 12. The van der Waals surface area contributed by atoms with E-state index in [0.29, 0.717) is 5.56 Å². The lowest BCUT2D eigenvalue weighted by atomic mass is 10.1. The van der Waals surface area contributed by atoms with Gasteiger partial charge in [0.1, 0.15) is 6.61 Å². The van der Waals surface area contributed by atoms with Gasteiger partial charge in [-0.15, -0.1) is 0 Å². The Balaban J connectivity index is 0.000000384. The predicted octanol–water partition coefficient (Wildman–Crippen LogP) is 2.16. The van der Waals surface area contributed by atoms with Crippen LogP contribution in [-0.4, -0.2) is 59.0 Å². The molecular weight excluding hydrogens is 498 g/mol. The molecule has 0 aliphatic carbocycles. The van der Waals surface area contributed by atoms with Crippen molar-refractivity contribution >= 4 is 23.6 Å². The van der Waals surface area contributed by atoms with Gasteiger partial charge in [-0.25, -0.2) is 9.18 Å². The zero-order valence-electron chi connectivity index (χ0n) is 19.9. The quantitative estimate of drug-likeness (QED) is 0.0682. The van der Waals surface area contributed by atoms with Crippen molar-refractivity contribution in [3.05, 3.63) is 64.7 Å². The van der Waals surface area contributed by atoms with Gasteiger partial charge >= 0.3 is 11.9 Å². The van der Waals surface area contributed by atoms with Gasteiger partial charge in [0.15, 0.2) is 23.2 Å². The molecule has 0 saturated heterocycles. The number of aliphatic carboxylic acids is 1. The molecule has 0 amide bonds. The number of benzene rings is 2. The Hall–Kier alpha value is -4.46. The second kappa shape index (κ2) is 16.3. The van der Waals surface area contributed by atoms with E-state index in [-0.39, 0.29) is 62.3 Å². The van der Waals surface area contributed by atoms with E-state index < -0.39 is 23.6 Å². The number of ether oxygens (including phenoxy) is 3. The predicted molar refractivity (Wildman–Crippen MR) is 126 cm³/mol. The Kier molecular flexibility index (Phi) is 13.4. The molecule has 0 atom stereocenters. The van der Waals surface area contributed by atoms with Crippen LogP contribution in [0, 0.1) is 11.6 Å². The summed E-state index contributed by atoms with van der Waals surface area (Å²) in [6, 6.07) is 8.71. The summed E-state index contributed by atoms with van der Waals surface area (Å²) in [7, 11) is 0. The van der Waals surface area contributed by atoms with Gasteiger partial charge in [0, 0.05) is 17.5 Å². The van der Waals surface area contributed by atoms with Crippen molar-refractivity contribution in [2.45, 2.75) is 26.4 Å². The van der Waals surface area contributed by atoms with E-state index in [1.165, 1.54) is 0 Å². The Morgan fingerprint density at radius 2 is 1.70 bits per heavy atom. The maximum Gasteiger partial charge on any atom is 0.329 e. The van der Waals surface area contributed by atoms with Gasteiger partial charge in [0.05, 0.1) is 19.8 Å². The van der Waals surface area contributed by atoms with E-state index in [1.54, 1.807) is 31.2 Å². The summed E-state index contributed by atoms with van der Waals surface area (Å²) >= 11 is 0. The molecule has 0 unspecified atom stereocenters. The van der Waals surface area contributed by atoms with Crippen LogP contribution < -0.4 is 16.2 Å². The molecule has 0 bridgehead atoms. The summed E-state index contributed by atoms with van der Waals surface area (Å²) in [6.07, 6.45) is 0.394. The van der Waals surface area contributed by atoms with Crippen LogP contribution in [0.15, 0.2) is 46.7 Å². The molecule has 0 aliphatic rings. The Morgan fingerprint density at radius 3 is 2.32 bits per heavy atom. The maximum absolute atomic E-state index is 13.5. The Labute approximate surface area is 210 Å². The minimum absolute atomic E-state index is 0.0000783. The normalized spacial score (nSPS) is 11.3. The van der Waals surface area contributed by atoms with Gasteiger partial charge in [-0.05, 0) is 37.1 Å². The maximum atomic E-state index is 13.5. The van der Waals surface area contributed by atoms with E-state index in [4.69, 9.17) is 41.2 Å². The summed E-state index contributed by atoms with van der Waals surface area (Å²) < 4.78 is 41.6. The first kappa shape index (κ1) is 30.6. The van der Waals surface area contributed by atoms with Crippen LogP contribution in [0.1, 0.15) is 36.5 Å². The first-order chi connectivity index (χ1) is 17.6. The standard InChI is InChI=1S/C13H16F2N2O4.C10H12N2O4/c1-2-20-11(18)4-3-5-21-10-7-8(13(16)17-19)6-9(14)12(10)15;11-10(12-15)8-3-1-2-7(4-8)5-16-6-9(13)14/h6-7,19H,2-5H2,1H3,(H2,16,17);1-4,15H,5-6H2,(H2,11,12)(H,13,14). The number of carboxylic acid groups (broad SMARTS) is 1. The van der Waals surface area contributed by atoms with E-state index in [1.807, 2.05) is 0 Å². The number of nitrogens with two attached hydrogens (primary N) is 2. The lowest BCUT2D eigenvalue weighted by Crippen LogP contribution is -2.14. The third kappa shape index (κ3) is 11.2. The van der Waals surface area contributed by atoms with Crippen molar-refractivity contribution < 1.29 is 48.1 Å². The minimum Gasteiger partial charge on any atom is -0.490 e. The lowest BCUT2D eigenvalue weighted by molar-refractivity contribution is -0.144. The van der Waals surface area contributed by atoms with Gasteiger partial charge in [0.2, 0.25) is 5.82 Å². The van der Waals surface area contributed by atoms with Crippen molar-refractivity contribution in [3.63, 3.8) is 0 Å². The highest BCUT2D eigenvalue weighted by Crippen LogP contribution is 2.22. The average molecular weight is 526 g/mol. The molecule has 7 N–H and O–H groups in total. The van der Waals surface area contributed by atoms with Crippen molar-refractivity contribution in [2.24, 2.45) is 21.8 Å². The number of carbonyl (C=O) groups excluding carboxylic acids is 1. The molecule has 0 saturated carbocycles. The number of nitrogens with zero attached hydrogens (tertiary/aromatic N) is 2. The second-order valence-corrected chi connectivity index (χ2v) is 7.08. The van der Waals surface area contributed by atoms with Crippen molar-refractivity contribution in [1.82, 2.24) is 0 Å². The zero-order chi connectivity index (χ0) is 27.8. The molecule has 0 spiro atoms. The molecule has 0 aliphatic heterocycles. The number of esters is 1. The van der Waals surface area contributed by atoms with E-state index >= 15 is 0 Å². The number of hydrogen-bond acceptors (Lipinski definition) is 9. The zero-order valence-corrected chi connectivity index (χ0v) is 19.9. The van der Waals surface area contributed by atoms with Crippen molar-refractivity contribution in [1.29, 1.82) is 0 Å². The fourth-order valence-electron chi connectivity index (χ4n) is 2.64. The fraction of sp³-hybridized carbons (Fsp3) is 0.304. The summed E-state index contributed by atoms with van der Waals surface area (Å²) in [5, 5.41) is 30.9. The van der Waals surface area contributed by atoms with Gasteiger partial charge in [0.25, 0.3) is 0 Å². The number of amidine groups is 2. The van der Waals surface area contributed by atoms with Gasteiger partial charge in [-0.2, -0.15) is 4.39 Å². The van der Waals surface area contributed by atoms with E-state index in [2.05, 4.69) is 10.3 Å². The molecule has 37 heavy (non-hydrogen) atoms. The first-order valence-electron chi connectivity index (χ1n) is 10.7. The molecule has 12 nitrogen and oxygen atoms in total. The third-order valence-electron chi connectivity index (χ3n) is 4.31. The molecule has 202 valence electrons. The molecular formula is C23H28F2N4O8.